The predicted molar refractivity (Wildman–Crippen MR) is 83.8 cm³/mol. The Morgan fingerprint density at radius 3 is 2.73 bits per heavy atom. The zero-order valence-electron chi connectivity index (χ0n) is 11.9. The molecule has 0 aliphatic carbocycles. The summed E-state index contributed by atoms with van der Waals surface area (Å²) in [6.07, 6.45) is 0.874. The summed E-state index contributed by atoms with van der Waals surface area (Å²) in [6.45, 7) is 2.73. The normalized spacial score (nSPS) is 12.1. The molecule has 3 aromatic rings. The molecule has 3 rings (SSSR count). The Kier molecular flexibility index (Phi) is 3.56. The van der Waals surface area contributed by atoms with Gasteiger partial charge in [-0.05, 0) is 30.7 Å². The van der Waals surface area contributed by atoms with E-state index in [9.17, 15) is 14.4 Å². The van der Waals surface area contributed by atoms with Crippen LogP contribution in [-0.2, 0) is 11.1 Å². The number of hydrogen-bond acceptors (Lipinski definition) is 4. The van der Waals surface area contributed by atoms with E-state index in [1.165, 1.54) is 12.1 Å². The van der Waals surface area contributed by atoms with Gasteiger partial charge in [0, 0.05) is 6.54 Å². The quantitative estimate of drug-likeness (QED) is 0.501. The molecule has 8 heteroatoms. The SMILES string of the molecule is CCCn1c(-c2ccc(P(=O)(O)O)o2)nc2c(N)cccc21. The fraction of sp³-hybridized carbons (Fsp3) is 0.214. The molecular weight excluding hydrogens is 305 g/mol. The van der Waals surface area contributed by atoms with E-state index in [1.807, 2.05) is 23.6 Å². The van der Waals surface area contributed by atoms with Crippen molar-refractivity contribution in [3.8, 4) is 11.6 Å². The van der Waals surface area contributed by atoms with Gasteiger partial charge in [-0.15, -0.1) is 0 Å². The highest BCUT2D eigenvalue weighted by Gasteiger charge is 2.24. The highest BCUT2D eigenvalue weighted by atomic mass is 31.2. The zero-order chi connectivity index (χ0) is 15.9. The van der Waals surface area contributed by atoms with Crippen molar-refractivity contribution >= 4 is 29.8 Å². The molecule has 4 N–H and O–H groups in total. The minimum Gasteiger partial charge on any atom is -0.445 e. The largest absolute Gasteiger partial charge is 0.445 e. The Balaban J connectivity index is 2.21. The predicted octanol–water partition coefficient (Wildman–Crippen LogP) is 2.09. The number of para-hydroxylation sites is 1. The highest BCUT2D eigenvalue weighted by Crippen LogP contribution is 2.36. The maximum atomic E-state index is 11.3. The molecule has 0 radical (unpaired) electrons. The van der Waals surface area contributed by atoms with Crippen LogP contribution in [0.1, 0.15) is 13.3 Å². The third-order valence-electron chi connectivity index (χ3n) is 3.36. The minimum atomic E-state index is -4.42. The standard InChI is InChI=1S/C14H16N3O4P/c1-2-8-17-10-5-3-4-9(15)13(10)16-14(17)11-6-7-12(21-11)22(18,19)20/h3-7H,2,8,15H2,1H3,(H2,18,19,20). The molecule has 0 aliphatic heterocycles. The Bertz CT molecular complexity index is 877. The highest BCUT2D eigenvalue weighted by molar-refractivity contribution is 7.59. The first-order chi connectivity index (χ1) is 10.4. The van der Waals surface area contributed by atoms with Gasteiger partial charge in [0.05, 0.1) is 11.2 Å². The summed E-state index contributed by atoms with van der Waals surface area (Å²) in [7, 11) is -4.42. The number of aromatic nitrogens is 2. The molecule has 7 nitrogen and oxygen atoms in total. The first-order valence-electron chi connectivity index (χ1n) is 6.83. The number of aryl methyl sites for hydroxylation is 1. The van der Waals surface area contributed by atoms with E-state index >= 15 is 0 Å². The summed E-state index contributed by atoms with van der Waals surface area (Å²) >= 11 is 0. The van der Waals surface area contributed by atoms with E-state index in [-0.39, 0.29) is 5.50 Å². The van der Waals surface area contributed by atoms with Crippen LogP contribution >= 0.6 is 7.60 Å². The first kappa shape index (κ1) is 14.8. The summed E-state index contributed by atoms with van der Waals surface area (Å²) in [5.41, 5.74) is 7.66. The van der Waals surface area contributed by atoms with Crippen molar-refractivity contribution in [3.05, 3.63) is 30.3 Å². The number of anilines is 1. The number of furan rings is 1. The van der Waals surface area contributed by atoms with Gasteiger partial charge in [-0.1, -0.05) is 13.0 Å². The second-order valence-electron chi connectivity index (χ2n) is 4.98. The third-order valence-corrected chi connectivity index (χ3v) is 4.17. The fourth-order valence-corrected chi connectivity index (χ4v) is 2.90. The van der Waals surface area contributed by atoms with Crippen molar-refractivity contribution in [2.75, 3.05) is 5.73 Å². The van der Waals surface area contributed by atoms with Gasteiger partial charge in [0.15, 0.2) is 11.6 Å². The molecule has 1 aromatic carbocycles. The lowest BCUT2D eigenvalue weighted by Crippen LogP contribution is -2.01. The Morgan fingerprint density at radius 1 is 1.32 bits per heavy atom. The fourth-order valence-electron chi connectivity index (χ4n) is 2.41. The first-order valence-corrected chi connectivity index (χ1v) is 8.44. The molecule has 2 heterocycles. The summed E-state index contributed by atoms with van der Waals surface area (Å²) in [6, 6.07) is 8.30. The molecule has 0 fully saturated rings. The molecule has 0 unspecified atom stereocenters. The van der Waals surface area contributed by atoms with Crippen molar-refractivity contribution in [1.29, 1.82) is 0 Å². The lowest BCUT2D eigenvalue weighted by Gasteiger charge is -2.06. The number of nitrogen functional groups attached to an aromatic ring is 1. The van der Waals surface area contributed by atoms with Gasteiger partial charge < -0.3 is 24.5 Å². The third kappa shape index (κ3) is 2.43. The molecule has 0 aliphatic rings. The van der Waals surface area contributed by atoms with Crippen LogP contribution in [0.2, 0.25) is 0 Å². The van der Waals surface area contributed by atoms with Crippen LogP contribution in [0, 0.1) is 0 Å². The maximum absolute atomic E-state index is 11.3. The van der Waals surface area contributed by atoms with Crippen molar-refractivity contribution in [1.82, 2.24) is 9.55 Å². The molecule has 0 amide bonds. The van der Waals surface area contributed by atoms with Crippen molar-refractivity contribution < 1.29 is 18.8 Å². The number of benzene rings is 1. The van der Waals surface area contributed by atoms with Crippen molar-refractivity contribution in [3.63, 3.8) is 0 Å². The van der Waals surface area contributed by atoms with Crippen LogP contribution in [0.5, 0.6) is 0 Å². The summed E-state index contributed by atoms with van der Waals surface area (Å²) in [5, 5.41) is 0. The number of hydrogen-bond donors (Lipinski definition) is 3. The summed E-state index contributed by atoms with van der Waals surface area (Å²) < 4.78 is 18.5. The van der Waals surface area contributed by atoms with Crippen LogP contribution in [0.25, 0.3) is 22.6 Å². The van der Waals surface area contributed by atoms with Gasteiger partial charge in [-0.25, -0.2) is 4.98 Å². The summed E-state index contributed by atoms with van der Waals surface area (Å²) in [4.78, 5) is 22.8. The average Bonchev–Trinajstić information content (AvgIpc) is 3.05. The monoisotopic (exact) mass is 321 g/mol. The zero-order valence-corrected chi connectivity index (χ0v) is 12.8. The number of nitrogens with two attached hydrogens (primary N) is 1. The average molecular weight is 321 g/mol. The summed E-state index contributed by atoms with van der Waals surface area (Å²) in [5.74, 6) is 0.817. The Hall–Kier alpha value is -2.08. The van der Waals surface area contributed by atoms with Crippen LogP contribution in [0.3, 0.4) is 0 Å². The maximum Gasteiger partial charge on any atom is 0.391 e. The Morgan fingerprint density at radius 2 is 2.09 bits per heavy atom. The smallest absolute Gasteiger partial charge is 0.391 e. The number of imidazole rings is 1. The lowest BCUT2D eigenvalue weighted by atomic mass is 10.2. The molecule has 116 valence electrons. The number of fused-ring (bicyclic) bond motifs is 1. The van der Waals surface area contributed by atoms with Gasteiger partial charge in [-0.2, -0.15) is 0 Å². The second-order valence-corrected chi connectivity index (χ2v) is 6.51. The minimum absolute atomic E-state index is 0.308. The molecular formula is C14H16N3O4P. The molecule has 2 aromatic heterocycles. The van der Waals surface area contributed by atoms with E-state index in [4.69, 9.17) is 10.2 Å². The van der Waals surface area contributed by atoms with E-state index in [1.54, 1.807) is 6.07 Å². The van der Waals surface area contributed by atoms with Gasteiger partial charge in [0.25, 0.3) is 0 Å². The van der Waals surface area contributed by atoms with Crippen molar-refractivity contribution in [2.24, 2.45) is 0 Å². The van der Waals surface area contributed by atoms with Crippen LogP contribution in [0.4, 0.5) is 5.69 Å². The number of nitrogens with zero attached hydrogens (tertiary/aromatic N) is 2. The Labute approximate surface area is 126 Å². The van der Waals surface area contributed by atoms with E-state index in [2.05, 4.69) is 4.98 Å². The van der Waals surface area contributed by atoms with Gasteiger partial charge >= 0.3 is 7.60 Å². The lowest BCUT2D eigenvalue weighted by molar-refractivity contribution is 0.377. The van der Waals surface area contributed by atoms with Crippen LogP contribution < -0.4 is 11.2 Å². The van der Waals surface area contributed by atoms with Crippen LogP contribution in [0.15, 0.2) is 34.7 Å². The van der Waals surface area contributed by atoms with Crippen LogP contribution in [-0.4, -0.2) is 19.3 Å². The second kappa shape index (κ2) is 5.28. The topological polar surface area (TPSA) is 115 Å². The van der Waals surface area contributed by atoms with Crippen molar-refractivity contribution in [2.45, 2.75) is 19.9 Å². The molecule has 0 spiro atoms. The van der Waals surface area contributed by atoms with Gasteiger partial charge in [0.1, 0.15) is 5.52 Å². The van der Waals surface area contributed by atoms with E-state index in [0.29, 0.717) is 29.3 Å². The van der Waals surface area contributed by atoms with Gasteiger partial charge in [0.2, 0.25) is 5.50 Å². The van der Waals surface area contributed by atoms with Gasteiger partial charge in [-0.3, -0.25) is 4.57 Å². The number of rotatable bonds is 4. The van der Waals surface area contributed by atoms with E-state index < -0.39 is 7.60 Å². The molecule has 0 saturated heterocycles. The molecule has 0 saturated carbocycles. The van der Waals surface area contributed by atoms with E-state index in [0.717, 1.165) is 11.9 Å². The molecule has 0 atom stereocenters. The molecule has 0 bridgehead atoms. The molecule has 22 heavy (non-hydrogen) atoms.